The van der Waals surface area contributed by atoms with Crippen molar-refractivity contribution < 1.29 is 9.84 Å². The topological polar surface area (TPSA) is 32.7 Å². The van der Waals surface area contributed by atoms with E-state index in [1.807, 2.05) is 12.1 Å². The molecule has 0 spiro atoms. The third-order valence-corrected chi connectivity index (χ3v) is 4.33. The van der Waals surface area contributed by atoms with E-state index in [4.69, 9.17) is 4.74 Å². The molecule has 0 amide bonds. The van der Waals surface area contributed by atoms with Crippen LogP contribution in [-0.4, -0.2) is 23.7 Å². The quantitative estimate of drug-likeness (QED) is 0.849. The highest BCUT2D eigenvalue weighted by molar-refractivity contribution is 5.41. The van der Waals surface area contributed by atoms with Gasteiger partial charge in [-0.05, 0) is 44.2 Å². The number of phenols is 1. The molecule has 0 aliphatic rings. The summed E-state index contributed by atoms with van der Waals surface area (Å²) in [4.78, 5) is 2.36. The normalized spacial score (nSPS) is 13.9. The lowest BCUT2D eigenvalue weighted by Crippen LogP contribution is -2.30. The van der Waals surface area contributed by atoms with Gasteiger partial charge in [-0.3, -0.25) is 4.90 Å². The predicted molar refractivity (Wildman–Crippen MR) is 90.3 cm³/mol. The van der Waals surface area contributed by atoms with Crippen molar-refractivity contribution in [3.8, 4) is 11.5 Å². The van der Waals surface area contributed by atoms with Crippen LogP contribution in [-0.2, 0) is 0 Å². The van der Waals surface area contributed by atoms with Crippen molar-refractivity contribution in [2.24, 2.45) is 0 Å². The van der Waals surface area contributed by atoms with Gasteiger partial charge in [-0.1, -0.05) is 37.3 Å². The van der Waals surface area contributed by atoms with Gasteiger partial charge in [-0.25, -0.2) is 0 Å². The van der Waals surface area contributed by atoms with Crippen LogP contribution in [0.3, 0.4) is 0 Å². The first-order valence-electron chi connectivity index (χ1n) is 7.76. The Bertz CT molecular complexity index is 598. The van der Waals surface area contributed by atoms with Crippen LogP contribution >= 0.6 is 0 Å². The Labute approximate surface area is 133 Å². The van der Waals surface area contributed by atoms with Gasteiger partial charge < -0.3 is 9.84 Å². The molecule has 22 heavy (non-hydrogen) atoms. The highest BCUT2D eigenvalue weighted by Gasteiger charge is 2.23. The third kappa shape index (κ3) is 3.42. The average molecular weight is 299 g/mol. The largest absolute Gasteiger partial charge is 0.508 e. The molecule has 3 nitrogen and oxygen atoms in total. The van der Waals surface area contributed by atoms with E-state index >= 15 is 0 Å². The standard InChI is InChI=1S/C19H25NO2/c1-5-20(14(2)16-9-7-6-8-10-16)15(3)18-13-17(22-4)11-12-19(18)21/h6-15,21H,5H2,1-4H3/t14-,15-/m1/s1. The maximum absolute atomic E-state index is 10.2. The number of nitrogens with zero attached hydrogens (tertiary/aromatic N) is 1. The van der Waals surface area contributed by atoms with E-state index in [1.54, 1.807) is 19.2 Å². The number of rotatable bonds is 6. The molecule has 2 aromatic carbocycles. The van der Waals surface area contributed by atoms with Crippen molar-refractivity contribution >= 4 is 0 Å². The van der Waals surface area contributed by atoms with E-state index in [2.05, 4.69) is 49.9 Å². The summed E-state index contributed by atoms with van der Waals surface area (Å²) >= 11 is 0. The van der Waals surface area contributed by atoms with Gasteiger partial charge in [0.15, 0.2) is 0 Å². The smallest absolute Gasteiger partial charge is 0.120 e. The van der Waals surface area contributed by atoms with Crippen molar-refractivity contribution in [1.29, 1.82) is 0 Å². The summed E-state index contributed by atoms with van der Waals surface area (Å²) in [5.74, 6) is 1.08. The maximum atomic E-state index is 10.2. The van der Waals surface area contributed by atoms with Crippen LogP contribution in [0, 0.1) is 0 Å². The van der Waals surface area contributed by atoms with Crippen molar-refractivity contribution in [3.63, 3.8) is 0 Å². The number of ether oxygens (including phenoxy) is 1. The highest BCUT2D eigenvalue weighted by atomic mass is 16.5. The molecule has 0 fully saturated rings. The molecule has 0 bridgehead atoms. The van der Waals surface area contributed by atoms with Crippen LogP contribution in [0.1, 0.15) is 44.0 Å². The Morgan fingerprint density at radius 1 is 1.05 bits per heavy atom. The minimum absolute atomic E-state index is 0.0929. The second-order valence-corrected chi connectivity index (χ2v) is 5.52. The summed E-state index contributed by atoms with van der Waals surface area (Å²) in [5.41, 5.74) is 2.17. The lowest BCUT2D eigenvalue weighted by Gasteiger charge is -2.34. The fourth-order valence-corrected chi connectivity index (χ4v) is 2.98. The second-order valence-electron chi connectivity index (χ2n) is 5.52. The van der Waals surface area contributed by atoms with E-state index in [-0.39, 0.29) is 12.1 Å². The summed E-state index contributed by atoms with van der Waals surface area (Å²) < 4.78 is 5.29. The first-order chi connectivity index (χ1) is 10.6. The molecule has 0 heterocycles. The molecule has 0 unspecified atom stereocenters. The summed E-state index contributed by atoms with van der Waals surface area (Å²) in [5, 5.41) is 10.2. The number of benzene rings is 2. The molecule has 2 aromatic rings. The molecule has 2 atom stereocenters. The van der Waals surface area contributed by atoms with Crippen molar-refractivity contribution in [2.45, 2.75) is 32.9 Å². The third-order valence-electron chi connectivity index (χ3n) is 4.33. The fourth-order valence-electron chi connectivity index (χ4n) is 2.98. The SMILES string of the molecule is CCN([C@H](C)c1ccccc1)[C@H](C)c1cc(OC)ccc1O. The molecule has 1 N–H and O–H groups in total. The summed E-state index contributed by atoms with van der Waals surface area (Å²) in [6, 6.07) is 16.2. The number of hydrogen-bond acceptors (Lipinski definition) is 3. The van der Waals surface area contributed by atoms with Crippen LogP contribution in [0.5, 0.6) is 11.5 Å². The molecule has 0 aliphatic heterocycles. The van der Waals surface area contributed by atoms with Crippen molar-refractivity contribution in [2.75, 3.05) is 13.7 Å². The first kappa shape index (κ1) is 16.4. The molecule has 0 radical (unpaired) electrons. The van der Waals surface area contributed by atoms with Gasteiger partial charge in [0.1, 0.15) is 11.5 Å². The van der Waals surface area contributed by atoms with Crippen molar-refractivity contribution in [3.05, 3.63) is 59.7 Å². The average Bonchev–Trinajstić information content (AvgIpc) is 2.56. The Morgan fingerprint density at radius 3 is 2.32 bits per heavy atom. The van der Waals surface area contributed by atoms with Crippen LogP contribution in [0.15, 0.2) is 48.5 Å². The van der Waals surface area contributed by atoms with Gasteiger partial charge in [-0.15, -0.1) is 0 Å². The zero-order valence-corrected chi connectivity index (χ0v) is 13.8. The Morgan fingerprint density at radius 2 is 1.73 bits per heavy atom. The van der Waals surface area contributed by atoms with Crippen LogP contribution in [0.4, 0.5) is 0 Å². The molecule has 0 saturated carbocycles. The Hall–Kier alpha value is -2.00. The second kappa shape index (κ2) is 7.32. The van der Waals surface area contributed by atoms with Crippen LogP contribution < -0.4 is 4.74 Å². The number of methoxy groups -OCH3 is 1. The lowest BCUT2D eigenvalue weighted by molar-refractivity contribution is 0.161. The number of aromatic hydroxyl groups is 1. The van der Waals surface area contributed by atoms with E-state index in [1.165, 1.54) is 5.56 Å². The molecule has 0 aromatic heterocycles. The summed E-state index contributed by atoms with van der Waals surface area (Å²) in [7, 11) is 1.64. The molecule has 118 valence electrons. The van der Waals surface area contributed by atoms with Gasteiger partial charge in [0.25, 0.3) is 0 Å². The van der Waals surface area contributed by atoms with E-state index in [0.29, 0.717) is 5.75 Å². The number of hydrogen-bond donors (Lipinski definition) is 1. The van der Waals surface area contributed by atoms with Crippen LogP contribution in [0.25, 0.3) is 0 Å². The Balaban J connectivity index is 2.31. The monoisotopic (exact) mass is 299 g/mol. The highest BCUT2D eigenvalue weighted by Crippen LogP contribution is 2.35. The van der Waals surface area contributed by atoms with Crippen LogP contribution in [0.2, 0.25) is 0 Å². The van der Waals surface area contributed by atoms with Gasteiger partial charge in [0, 0.05) is 17.6 Å². The zero-order valence-electron chi connectivity index (χ0n) is 13.8. The minimum Gasteiger partial charge on any atom is -0.508 e. The molecule has 0 aliphatic carbocycles. The molecule has 3 heteroatoms. The van der Waals surface area contributed by atoms with Crippen molar-refractivity contribution in [1.82, 2.24) is 4.90 Å². The molecular formula is C19H25NO2. The van der Waals surface area contributed by atoms with Gasteiger partial charge in [0.2, 0.25) is 0 Å². The minimum atomic E-state index is 0.0929. The van der Waals surface area contributed by atoms with Gasteiger partial charge in [0.05, 0.1) is 7.11 Å². The molecule has 2 rings (SSSR count). The predicted octanol–water partition coefficient (Wildman–Crippen LogP) is 4.54. The lowest BCUT2D eigenvalue weighted by atomic mass is 10.0. The summed E-state index contributed by atoms with van der Waals surface area (Å²) in [6.07, 6.45) is 0. The Kier molecular flexibility index (Phi) is 5.45. The fraction of sp³-hybridized carbons (Fsp3) is 0.368. The zero-order chi connectivity index (χ0) is 16.1. The molecule has 0 saturated heterocycles. The van der Waals surface area contributed by atoms with E-state index in [9.17, 15) is 5.11 Å². The number of phenolic OH excluding ortho intramolecular Hbond substituents is 1. The van der Waals surface area contributed by atoms with Gasteiger partial charge in [-0.2, -0.15) is 0 Å². The summed E-state index contributed by atoms with van der Waals surface area (Å²) in [6.45, 7) is 7.37. The molecular weight excluding hydrogens is 274 g/mol. The van der Waals surface area contributed by atoms with E-state index in [0.717, 1.165) is 17.9 Å². The maximum Gasteiger partial charge on any atom is 0.120 e. The van der Waals surface area contributed by atoms with Gasteiger partial charge >= 0.3 is 0 Å². The van der Waals surface area contributed by atoms with E-state index < -0.39 is 0 Å². The first-order valence-corrected chi connectivity index (χ1v) is 7.76.